The van der Waals surface area contributed by atoms with E-state index in [4.69, 9.17) is 0 Å². The van der Waals surface area contributed by atoms with Crippen molar-refractivity contribution >= 4 is 12.0 Å². The summed E-state index contributed by atoms with van der Waals surface area (Å²) >= 11 is 0. The van der Waals surface area contributed by atoms with Crippen molar-refractivity contribution in [1.29, 1.82) is 0 Å². The Balaban J connectivity index is 3.03. The second-order valence-corrected chi connectivity index (χ2v) is 2.95. The lowest BCUT2D eigenvalue weighted by molar-refractivity contribution is -0.104. The van der Waals surface area contributed by atoms with Gasteiger partial charge in [-0.15, -0.1) is 0 Å². The molecule has 0 atom stereocenters. The van der Waals surface area contributed by atoms with Gasteiger partial charge in [0, 0.05) is 25.9 Å². The summed E-state index contributed by atoms with van der Waals surface area (Å²) in [6, 6.07) is 9.83. The molecule has 0 unspecified atom stereocenters. The average Bonchev–Trinajstić information content (AvgIpc) is 2.15. The minimum absolute atomic E-state index is 0.808. The molecule has 0 amide bonds. The molecule has 0 saturated carbocycles. The molecule has 2 heteroatoms. The van der Waals surface area contributed by atoms with Gasteiger partial charge < -0.3 is 4.90 Å². The van der Waals surface area contributed by atoms with Crippen LogP contribution >= 0.6 is 0 Å². The summed E-state index contributed by atoms with van der Waals surface area (Å²) < 4.78 is 0. The van der Waals surface area contributed by atoms with Gasteiger partial charge in [-0.25, -0.2) is 0 Å². The van der Waals surface area contributed by atoms with Gasteiger partial charge in [-0.3, -0.25) is 4.79 Å². The van der Waals surface area contributed by atoms with Crippen molar-refractivity contribution in [2.24, 2.45) is 0 Å². The zero-order valence-electron chi connectivity index (χ0n) is 7.90. The van der Waals surface area contributed by atoms with Gasteiger partial charge in [0.15, 0.2) is 0 Å². The van der Waals surface area contributed by atoms with Crippen LogP contribution in [0, 0.1) is 0 Å². The average molecular weight is 175 g/mol. The lowest BCUT2D eigenvalue weighted by Crippen LogP contribution is -2.09. The van der Waals surface area contributed by atoms with E-state index in [0.29, 0.717) is 0 Å². The second kappa shape index (κ2) is 4.45. The Hall–Kier alpha value is -1.57. The maximum absolute atomic E-state index is 10.4. The van der Waals surface area contributed by atoms with Crippen LogP contribution in [-0.2, 0) is 4.79 Å². The third-order valence-electron chi connectivity index (χ3n) is 1.78. The molecular weight excluding hydrogens is 162 g/mol. The number of carbonyl (C=O) groups is 1. The van der Waals surface area contributed by atoms with Gasteiger partial charge in [-0.05, 0) is 5.56 Å². The van der Waals surface area contributed by atoms with Crippen molar-refractivity contribution in [3.63, 3.8) is 0 Å². The highest BCUT2D eigenvalue weighted by atomic mass is 16.1. The molecular formula is C11H13NO. The van der Waals surface area contributed by atoms with Crippen molar-refractivity contribution in [2.75, 3.05) is 14.1 Å². The maximum atomic E-state index is 10.4. The molecule has 2 nitrogen and oxygen atoms in total. The molecule has 0 spiro atoms. The lowest BCUT2D eigenvalue weighted by Gasteiger charge is -2.16. The SMILES string of the molecule is CN(C)C(=CC=O)c1ccccc1. The van der Waals surface area contributed by atoms with E-state index in [1.165, 1.54) is 0 Å². The highest BCUT2D eigenvalue weighted by molar-refractivity contribution is 5.80. The van der Waals surface area contributed by atoms with Crippen molar-refractivity contribution < 1.29 is 4.79 Å². The minimum Gasteiger partial charge on any atom is -0.377 e. The van der Waals surface area contributed by atoms with Crippen LogP contribution in [0.2, 0.25) is 0 Å². The van der Waals surface area contributed by atoms with Crippen LogP contribution in [-0.4, -0.2) is 25.3 Å². The number of benzene rings is 1. The van der Waals surface area contributed by atoms with Crippen molar-refractivity contribution in [2.45, 2.75) is 0 Å². The molecule has 68 valence electrons. The molecule has 1 rings (SSSR count). The van der Waals surface area contributed by atoms with Crippen molar-refractivity contribution in [1.82, 2.24) is 4.90 Å². The van der Waals surface area contributed by atoms with E-state index in [2.05, 4.69) is 0 Å². The van der Waals surface area contributed by atoms with Crippen LogP contribution < -0.4 is 0 Å². The summed E-state index contributed by atoms with van der Waals surface area (Å²) in [5.41, 5.74) is 1.98. The van der Waals surface area contributed by atoms with Crippen molar-refractivity contribution in [3.05, 3.63) is 42.0 Å². The van der Waals surface area contributed by atoms with Gasteiger partial charge in [0.1, 0.15) is 6.29 Å². The molecule has 0 aromatic heterocycles. The fraction of sp³-hybridized carbons (Fsp3) is 0.182. The minimum atomic E-state index is 0.808. The standard InChI is InChI=1S/C11H13NO/c1-12(2)11(8-9-13)10-6-4-3-5-7-10/h3-9H,1-2H3. The Labute approximate surface area is 78.5 Å². The molecule has 0 saturated heterocycles. The lowest BCUT2D eigenvalue weighted by atomic mass is 10.1. The van der Waals surface area contributed by atoms with Gasteiger partial charge >= 0.3 is 0 Å². The first-order chi connectivity index (χ1) is 6.25. The zero-order chi connectivity index (χ0) is 9.68. The monoisotopic (exact) mass is 175 g/mol. The third-order valence-corrected chi connectivity index (χ3v) is 1.78. The predicted molar refractivity (Wildman–Crippen MR) is 54.2 cm³/mol. The Bertz CT molecular complexity index is 301. The largest absolute Gasteiger partial charge is 0.377 e. The molecule has 1 aromatic carbocycles. The molecule has 0 radical (unpaired) electrons. The summed E-state index contributed by atoms with van der Waals surface area (Å²) in [6.07, 6.45) is 2.37. The molecule has 0 aliphatic heterocycles. The van der Waals surface area contributed by atoms with E-state index < -0.39 is 0 Å². The summed E-state index contributed by atoms with van der Waals surface area (Å²) in [7, 11) is 3.84. The molecule has 0 aliphatic carbocycles. The van der Waals surface area contributed by atoms with Gasteiger partial charge in [0.25, 0.3) is 0 Å². The second-order valence-electron chi connectivity index (χ2n) is 2.95. The zero-order valence-corrected chi connectivity index (χ0v) is 7.90. The van der Waals surface area contributed by atoms with Gasteiger partial charge in [0.2, 0.25) is 0 Å². The Morgan fingerprint density at radius 2 is 1.85 bits per heavy atom. The van der Waals surface area contributed by atoms with E-state index in [1.54, 1.807) is 6.08 Å². The van der Waals surface area contributed by atoms with E-state index >= 15 is 0 Å². The Morgan fingerprint density at radius 1 is 1.23 bits per heavy atom. The maximum Gasteiger partial charge on any atom is 0.144 e. The number of carbonyl (C=O) groups excluding carboxylic acids is 1. The fourth-order valence-electron chi connectivity index (χ4n) is 1.18. The normalized spacial score (nSPS) is 11.1. The summed E-state index contributed by atoms with van der Waals surface area (Å²) in [6.45, 7) is 0. The predicted octanol–water partition coefficient (Wildman–Crippen LogP) is 1.79. The number of aldehydes is 1. The van der Waals surface area contributed by atoms with Crippen LogP contribution in [0.1, 0.15) is 5.56 Å². The van der Waals surface area contributed by atoms with E-state index in [1.807, 2.05) is 49.3 Å². The van der Waals surface area contributed by atoms with Crippen LogP contribution in [0.3, 0.4) is 0 Å². The topological polar surface area (TPSA) is 20.3 Å². The highest BCUT2D eigenvalue weighted by Gasteiger charge is 2.01. The van der Waals surface area contributed by atoms with Gasteiger partial charge in [-0.1, -0.05) is 30.3 Å². The van der Waals surface area contributed by atoms with Gasteiger partial charge in [0.05, 0.1) is 0 Å². The van der Waals surface area contributed by atoms with Crippen LogP contribution in [0.25, 0.3) is 5.70 Å². The molecule has 0 aliphatic rings. The third kappa shape index (κ3) is 2.44. The highest BCUT2D eigenvalue weighted by Crippen LogP contribution is 2.14. The van der Waals surface area contributed by atoms with Crippen LogP contribution in [0.15, 0.2) is 36.4 Å². The quantitative estimate of drug-likeness (QED) is 0.515. The first-order valence-corrected chi connectivity index (χ1v) is 4.14. The molecule has 0 bridgehead atoms. The molecule has 0 fully saturated rings. The number of hydrogen-bond acceptors (Lipinski definition) is 2. The van der Waals surface area contributed by atoms with Gasteiger partial charge in [-0.2, -0.15) is 0 Å². The number of rotatable bonds is 3. The van der Waals surface area contributed by atoms with Crippen LogP contribution in [0.4, 0.5) is 0 Å². The first kappa shape index (κ1) is 9.52. The number of allylic oxidation sites excluding steroid dienone is 1. The Kier molecular flexibility index (Phi) is 3.26. The number of hydrogen-bond donors (Lipinski definition) is 0. The Morgan fingerprint density at radius 3 is 2.31 bits per heavy atom. The molecule has 0 N–H and O–H groups in total. The summed E-state index contributed by atoms with van der Waals surface area (Å²) in [5.74, 6) is 0. The first-order valence-electron chi connectivity index (χ1n) is 4.14. The van der Waals surface area contributed by atoms with Crippen LogP contribution in [0.5, 0.6) is 0 Å². The number of nitrogens with zero attached hydrogens (tertiary/aromatic N) is 1. The van der Waals surface area contributed by atoms with E-state index in [0.717, 1.165) is 17.5 Å². The molecule has 1 aromatic rings. The molecule has 0 heterocycles. The van der Waals surface area contributed by atoms with E-state index in [-0.39, 0.29) is 0 Å². The molecule has 13 heavy (non-hydrogen) atoms. The smallest absolute Gasteiger partial charge is 0.144 e. The summed E-state index contributed by atoms with van der Waals surface area (Å²) in [5, 5.41) is 0. The summed E-state index contributed by atoms with van der Waals surface area (Å²) in [4.78, 5) is 12.3. The van der Waals surface area contributed by atoms with Crippen molar-refractivity contribution in [3.8, 4) is 0 Å². The fourth-order valence-corrected chi connectivity index (χ4v) is 1.18. The van der Waals surface area contributed by atoms with E-state index in [9.17, 15) is 4.79 Å².